The van der Waals surface area contributed by atoms with Crippen LogP contribution in [0.3, 0.4) is 0 Å². The van der Waals surface area contributed by atoms with Crippen molar-refractivity contribution in [2.75, 3.05) is 11.9 Å². The number of nitrogens with one attached hydrogen (secondary N) is 1. The minimum Gasteiger partial charge on any atom is -0.494 e. The van der Waals surface area contributed by atoms with Crippen LogP contribution in [-0.2, 0) is 0 Å². The summed E-state index contributed by atoms with van der Waals surface area (Å²) in [6.45, 7) is 2.51. The number of anilines is 1. The molecule has 3 aromatic carbocycles. The van der Waals surface area contributed by atoms with Gasteiger partial charge in [0.2, 0.25) is 0 Å². The van der Waals surface area contributed by atoms with Crippen molar-refractivity contribution in [2.24, 2.45) is 0 Å². The Morgan fingerprint density at radius 2 is 1.72 bits per heavy atom. The number of carbonyl (C=O) groups excluding carboxylic acids is 1. The Hall–Kier alpha value is -3.86. The van der Waals surface area contributed by atoms with E-state index in [0.717, 1.165) is 11.3 Å². The van der Waals surface area contributed by atoms with Crippen molar-refractivity contribution in [1.82, 2.24) is 0 Å². The maximum Gasteiger partial charge on any atom is 0.255 e. The van der Waals surface area contributed by atoms with E-state index in [9.17, 15) is 9.59 Å². The van der Waals surface area contributed by atoms with Crippen LogP contribution in [0.5, 0.6) is 5.75 Å². The fourth-order valence-corrected chi connectivity index (χ4v) is 3.05. The van der Waals surface area contributed by atoms with Gasteiger partial charge in [0.25, 0.3) is 5.91 Å². The molecule has 0 unspecified atom stereocenters. The van der Waals surface area contributed by atoms with Crippen molar-refractivity contribution in [3.8, 4) is 17.1 Å². The maximum atomic E-state index is 12.5. The Kier molecular flexibility index (Phi) is 5.12. The van der Waals surface area contributed by atoms with E-state index in [1.807, 2.05) is 37.3 Å². The lowest BCUT2D eigenvalue weighted by Gasteiger charge is -2.08. The van der Waals surface area contributed by atoms with Crippen molar-refractivity contribution >= 4 is 22.6 Å². The van der Waals surface area contributed by atoms with Gasteiger partial charge in [-0.3, -0.25) is 9.59 Å². The third-order valence-corrected chi connectivity index (χ3v) is 4.47. The predicted molar refractivity (Wildman–Crippen MR) is 113 cm³/mol. The molecule has 1 aromatic heterocycles. The standard InChI is InChI=1S/C24H19NO4/c1-2-28-19-11-8-16(9-12-19)22-15-21(26)20-13-10-18(14-23(20)29-22)25-24(27)17-6-4-3-5-7-17/h3-15H,2H2,1H3,(H,25,27). The smallest absolute Gasteiger partial charge is 0.255 e. The van der Waals surface area contributed by atoms with E-state index in [-0.39, 0.29) is 11.3 Å². The minimum atomic E-state index is -0.227. The Morgan fingerprint density at radius 1 is 0.966 bits per heavy atom. The molecule has 1 heterocycles. The van der Waals surface area contributed by atoms with Crippen molar-refractivity contribution < 1.29 is 13.9 Å². The Morgan fingerprint density at radius 3 is 2.45 bits per heavy atom. The van der Waals surface area contributed by atoms with Crippen LogP contribution in [0.25, 0.3) is 22.3 Å². The third-order valence-electron chi connectivity index (χ3n) is 4.47. The summed E-state index contributed by atoms with van der Waals surface area (Å²) < 4.78 is 11.4. The van der Waals surface area contributed by atoms with Gasteiger partial charge in [-0.2, -0.15) is 0 Å². The lowest BCUT2D eigenvalue weighted by atomic mass is 10.1. The number of carbonyl (C=O) groups is 1. The van der Waals surface area contributed by atoms with E-state index in [1.165, 1.54) is 6.07 Å². The molecule has 0 radical (unpaired) electrons. The highest BCUT2D eigenvalue weighted by molar-refractivity contribution is 6.04. The molecule has 0 bridgehead atoms. The van der Waals surface area contributed by atoms with Gasteiger partial charge in [0, 0.05) is 28.9 Å². The van der Waals surface area contributed by atoms with Gasteiger partial charge in [-0.15, -0.1) is 0 Å². The molecule has 144 valence electrons. The minimum absolute atomic E-state index is 0.143. The second-order valence-corrected chi connectivity index (χ2v) is 6.46. The summed E-state index contributed by atoms with van der Waals surface area (Å²) in [5.74, 6) is 0.984. The molecule has 0 saturated carbocycles. The van der Waals surface area contributed by atoms with E-state index >= 15 is 0 Å². The zero-order chi connectivity index (χ0) is 20.2. The molecule has 1 amide bonds. The molecule has 0 fully saturated rings. The zero-order valence-corrected chi connectivity index (χ0v) is 15.8. The van der Waals surface area contributed by atoms with Gasteiger partial charge in [-0.1, -0.05) is 18.2 Å². The van der Waals surface area contributed by atoms with Crippen LogP contribution in [0.2, 0.25) is 0 Å². The molecular formula is C24H19NO4. The highest BCUT2D eigenvalue weighted by atomic mass is 16.5. The van der Waals surface area contributed by atoms with Crippen molar-refractivity contribution in [3.05, 3.63) is 94.6 Å². The molecule has 0 aliphatic heterocycles. The number of amides is 1. The van der Waals surface area contributed by atoms with Gasteiger partial charge >= 0.3 is 0 Å². The fraction of sp³-hybridized carbons (Fsp3) is 0.0833. The van der Waals surface area contributed by atoms with E-state index in [0.29, 0.717) is 34.6 Å². The number of hydrogen-bond donors (Lipinski definition) is 1. The largest absolute Gasteiger partial charge is 0.494 e. The molecule has 5 nitrogen and oxygen atoms in total. The molecule has 4 rings (SSSR count). The van der Waals surface area contributed by atoms with Gasteiger partial charge in [-0.25, -0.2) is 0 Å². The first-order chi connectivity index (χ1) is 14.1. The number of fused-ring (bicyclic) bond motifs is 1. The normalized spacial score (nSPS) is 10.7. The molecule has 5 heteroatoms. The molecule has 0 saturated heterocycles. The zero-order valence-electron chi connectivity index (χ0n) is 15.8. The summed E-state index contributed by atoms with van der Waals surface area (Å²) >= 11 is 0. The highest BCUT2D eigenvalue weighted by Crippen LogP contribution is 2.26. The summed E-state index contributed by atoms with van der Waals surface area (Å²) in [6.07, 6.45) is 0. The number of hydrogen-bond acceptors (Lipinski definition) is 4. The van der Waals surface area contributed by atoms with Gasteiger partial charge < -0.3 is 14.5 Å². The lowest BCUT2D eigenvalue weighted by Crippen LogP contribution is -2.11. The first-order valence-corrected chi connectivity index (χ1v) is 9.31. The molecule has 1 N–H and O–H groups in total. The molecule has 4 aromatic rings. The van der Waals surface area contributed by atoms with Gasteiger partial charge in [0.05, 0.1) is 12.0 Å². The number of benzene rings is 3. The molecule has 0 atom stereocenters. The maximum absolute atomic E-state index is 12.5. The topological polar surface area (TPSA) is 68.5 Å². The molecular weight excluding hydrogens is 366 g/mol. The van der Waals surface area contributed by atoms with Gasteiger partial charge in [0.1, 0.15) is 17.1 Å². The summed E-state index contributed by atoms with van der Waals surface area (Å²) in [5, 5.41) is 3.29. The average molecular weight is 385 g/mol. The first-order valence-electron chi connectivity index (χ1n) is 9.31. The van der Waals surface area contributed by atoms with Gasteiger partial charge in [0.15, 0.2) is 5.43 Å². The van der Waals surface area contributed by atoms with Crippen LogP contribution < -0.4 is 15.5 Å². The second-order valence-electron chi connectivity index (χ2n) is 6.46. The van der Waals surface area contributed by atoms with E-state index in [1.54, 1.807) is 42.5 Å². The first kappa shape index (κ1) is 18.5. The number of ether oxygens (including phenoxy) is 1. The molecule has 0 aliphatic rings. The summed E-state index contributed by atoms with van der Waals surface area (Å²) in [4.78, 5) is 24.9. The van der Waals surface area contributed by atoms with Crippen LogP contribution in [0.15, 0.2) is 88.1 Å². The quantitative estimate of drug-likeness (QED) is 0.518. The Balaban J connectivity index is 1.67. The van der Waals surface area contributed by atoms with Crippen molar-refractivity contribution in [1.29, 1.82) is 0 Å². The summed E-state index contributed by atoms with van der Waals surface area (Å²) in [5.41, 5.74) is 2.14. The summed E-state index contributed by atoms with van der Waals surface area (Å²) in [7, 11) is 0. The van der Waals surface area contributed by atoms with Crippen LogP contribution in [0.1, 0.15) is 17.3 Å². The summed E-state index contributed by atoms with van der Waals surface area (Å²) in [6, 6.07) is 22.8. The van der Waals surface area contributed by atoms with E-state index < -0.39 is 0 Å². The SMILES string of the molecule is CCOc1ccc(-c2cc(=O)c3ccc(NC(=O)c4ccccc4)cc3o2)cc1. The van der Waals surface area contributed by atoms with Crippen molar-refractivity contribution in [2.45, 2.75) is 6.92 Å². The second kappa shape index (κ2) is 8.02. The van der Waals surface area contributed by atoms with E-state index in [4.69, 9.17) is 9.15 Å². The van der Waals surface area contributed by atoms with Crippen molar-refractivity contribution in [3.63, 3.8) is 0 Å². The highest BCUT2D eigenvalue weighted by Gasteiger charge is 2.10. The monoisotopic (exact) mass is 385 g/mol. The molecule has 29 heavy (non-hydrogen) atoms. The Labute approximate surface area is 167 Å². The average Bonchev–Trinajstić information content (AvgIpc) is 2.75. The van der Waals surface area contributed by atoms with E-state index in [2.05, 4.69) is 5.32 Å². The predicted octanol–water partition coefficient (Wildman–Crippen LogP) is 5.11. The Bertz CT molecular complexity index is 1210. The van der Waals surface area contributed by atoms with Crippen LogP contribution in [0, 0.1) is 0 Å². The van der Waals surface area contributed by atoms with Gasteiger partial charge in [-0.05, 0) is 55.5 Å². The number of rotatable bonds is 5. The fourth-order valence-electron chi connectivity index (χ4n) is 3.05. The van der Waals surface area contributed by atoms with Crippen LogP contribution >= 0.6 is 0 Å². The lowest BCUT2D eigenvalue weighted by molar-refractivity contribution is 0.102. The molecule has 0 aliphatic carbocycles. The third kappa shape index (κ3) is 4.04. The van der Waals surface area contributed by atoms with Crippen LogP contribution in [0.4, 0.5) is 5.69 Å². The molecule has 0 spiro atoms. The van der Waals surface area contributed by atoms with Crippen LogP contribution in [-0.4, -0.2) is 12.5 Å².